The van der Waals surface area contributed by atoms with Gasteiger partial charge in [0.05, 0.1) is 17.1 Å². The fraction of sp³-hybridized carbons (Fsp3) is 1.00. The van der Waals surface area contributed by atoms with E-state index in [1.54, 1.807) is 0 Å². The zero-order valence-corrected chi connectivity index (χ0v) is 9.59. The maximum Gasteiger partial charge on any atom is 0.155 e. The van der Waals surface area contributed by atoms with E-state index in [1.165, 1.54) is 0 Å². The molecule has 2 N–H and O–H groups in total. The van der Waals surface area contributed by atoms with E-state index in [2.05, 4.69) is 0 Å². The molecule has 0 saturated carbocycles. The summed E-state index contributed by atoms with van der Waals surface area (Å²) in [7, 11) is -3.01. The molecule has 1 aliphatic heterocycles. The van der Waals surface area contributed by atoms with Gasteiger partial charge in [0.2, 0.25) is 0 Å². The molecule has 1 saturated heterocycles. The molecule has 84 valence electrons. The molecule has 5 heteroatoms. The summed E-state index contributed by atoms with van der Waals surface area (Å²) in [5.41, 5.74) is 5.54. The minimum absolute atomic E-state index is 0.0533. The third kappa shape index (κ3) is 2.93. The van der Waals surface area contributed by atoms with Crippen LogP contribution < -0.4 is 5.73 Å². The second-order valence-electron chi connectivity index (χ2n) is 4.04. The number of hydrogen-bond acceptors (Lipinski definition) is 4. The van der Waals surface area contributed by atoms with Gasteiger partial charge in [0.25, 0.3) is 0 Å². The first-order valence-electron chi connectivity index (χ1n) is 5.02. The SMILES string of the molecule is CC(N)CCS(=O)(=O)C1CCOC1C. The lowest BCUT2D eigenvalue weighted by molar-refractivity contribution is 0.126. The Morgan fingerprint density at radius 3 is 2.64 bits per heavy atom. The molecule has 0 aromatic heterocycles. The lowest BCUT2D eigenvalue weighted by atomic mass is 10.3. The molecule has 3 unspecified atom stereocenters. The summed E-state index contributed by atoms with van der Waals surface area (Å²) in [6.07, 6.45) is 1.00. The van der Waals surface area contributed by atoms with Crippen molar-refractivity contribution in [1.82, 2.24) is 0 Å². The molecule has 0 aliphatic carbocycles. The monoisotopic (exact) mass is 221 g/mol. The maximum absolute atomic E-state index is 11.8. The molecule has 14 heavy (non-hydrogen) atoms. The molecule has 0 aromatic rings. The van der Waals surface area contributed by atoms with E-state index in [-0.39, 0.29) is 23.1 Å². The Labute approximate surface area is 85.7 Å². The first-order valence-corrected chi connectivity index (χ1v) is 6.74. The van der Waals surface area contributed by atoms with Crippen LogP contribution in [-0.2, 0) is 14.6 Å². The van der Waals surface area contributed by atoms with Gasteiger partial charge in [-0.1, -0.05) is 0 Å². The van der Waals surface area contributed by atoms with Gasteiger partial charge in [0, 0.05) is 12.6 Å². The zero-order valence-electron chi connectivity index (χ0n) is 8.77. The molecule has 0 aromatic carbocycles. The second kappa shape index (κ2) is 4.59. The van der Waals surface area contributed by atoms with Crippen molar-refractivity contribution < 1.29 is 13.2 Å². The van der Waals surface area contributed by atoms with Crippen molar-refractivity contribution in [2.24, 2.45) is 5.73 Å². The molecule has 1 rings (SSSR count). The summed E-state index contributed by atoms with van der Waals surface area (Å²) in [5, 5.41) is -0.318. The van der Waals surface area contributed by atoms with Crippen molar-refractivity contribution >= 4 is 9.84 Å². The summed E-state index contributed by atoms with van der Waals surface area (Å²) in [5.74, 6) is 0.184. The van der Waals surface area contributed by atoms with Gasteiger partial charge in [-0.2, -0.15) is 0 Å². The lowest BCUT2D eigenvalue weighted by Crippen LogP contribution is -2.32. The Hall–Kier alpha value is -0.130. The summed E-state index contributed by atoms with van der Waals surface area (Å²) >= 11 is 0. The van der Waals surface area contributed by atoms with Gasteiger partial charge < -0.3 is 10.5 Å². The topological polar surface area (TPSA) is 69.4 Å². The molecular weight excluding hydrogens is 202 g/mol. The molecule has 1 aliphatic rings. The van der Waals surface area contributed by atoms with E-state index in [4.69, 9.17) is 10.5 Å². The average Bonchev–Trinajstić information content (AvgIpc) is 2.48. The van der Waals surface area contributed by atoms with E-state index < -0.39 is 9.84 Å². The van der Waals surface area contributed by atoms with Gasteiger partial charge in [0.1, 0.15) is 0 Å². The Morgan fingerprint density at radius 2 is 2.21 bits per heavy atom. The number of sulfone groups is 1. The van der Waals surface area contributed by atoms with Gasteiger partial charge >= 0.3 is 0 Å². The molecule has 1 heterocycles. The van der Waals surface area contributed by atoms with Crippen LogP contribution in [0.4, 0.5) is 0 Å². The molecule has 0 spiro atoms. The van der Waals surface area contributed by atoms with E-state index in [1.807, 2.05) is 13.8 Å². The van der Waals surface area contributed by atoms with Gasteiger partial charge in [-0.05, 0) is 26.7 Å². The second-order valence-corrected chi connectivity index (χ2v) is 6.38. The molecule has 0 amide bonds. The van der Waals surface area contributed by atoms with Crippen LogP contribution in [0, 0.1) is 0 Å². The Balaban J connectivity index is 2.56. The molecule has 3 atom stereocenters. The van der Waals surface area contributed by atoms with Crippen molar-refractivity contribution in [3.05, 3.63) is 0 Å². The van der Waals surface area contributed by atoms with Crippen molar-refractivity contribution in [2.75, 3.05) is 12.4 Å². The normalized spacial score (nSPS) is 30.5. The van der Waals surface area contributed by atoms with Crippen LogP contribution in [0.25, 0.3) is 0 Å². The van der Waals surface area contributed by atoms with Crippen molar-refractivity contribution in [1.29, 1.82) is 0 Å². The predicted molar refractivity (Wildman–Crippen MR) is 55.9 cm³/mol. The standard InChI is InChI=1S/C9H19NO3S/c1-7(10)4-6-14(11,12)9-3-5-13-8(9)2/h7-9H,3-6,10H2,1-2H3. The number of rotatable bonds is 4. The van der Waals surface area contributed by atoms with Crippen LogP contribution >= 0.6 is 0 Å². The first-order chi connectivity index (χ1) is 6.43. The molecule has 4 nitrogen and oxygen atoms in total. The maximum atomic E-state index is 11.8. The Morgan fingerprint density at radius 1 is 1.57 bits per heavy atom. The quantitative estimate of drug-likeness (QED) is 0.742. The Bertz CT molecular complexity index is 274. The van der Waals surface area contributed by atoms with E-state index in [0.29, 0.717) is 19.4 Å². The minimum atomic E-state index is -3.01. The summed E-state index contributed by atoms with van der Waals surface area (Å²) in [4.78, 5) is 0. The van der Waals surface area contributed by atoms with Gasteiger partial charge in [-0.15, -0.1) is 0 Å². The summed E-state index contributed by atoms with van der Waals surface area (Å²) < 4.78 is 28.9. The fourth-order valence-electron chi connectivity index (χ4n) is 1.69. The number of ether oxygens (including phenoxy) is 1. The number of hydrogen-bond donors (Lipinski definition) is 1. The van der Waals surface area contributed by atoms with Crippen LogP contribution in [0.2, 0.25) is 0 Å². The zero-order chi connectivity index (χ0) is 10.8. The molecular formula is C9H19NO3S. The largest absolute Gasteiger partial charge is 0.377 e. The highest BCUT2D eigenvalue weighted by atomic mass is 32.2. The smallest absolute Gasteiger partial charge is 0.155 e. The van der Waals surface area contributed by atoms with Gasteiger partial charge in [0.15, 0.2) is 9.84 Å². The summed E-state index contributed by atoms with van der Waals surface area (Å²) in [6.45, 7) is 4.20. The third-order valence-corrected chi connectivity index (χ3v) is 4.97. The van der Waals surface area contributed by atoms with Crippen molar-refractivity contribution in [3.63, 3.8) is 0 Å². The highest BCUT2D eigenvalue weighted by Crippen LogP contribution is 2.21. The first kappa shape index (κ1) is 11.9. The Kier molecular flexibility index (Phi) is 3.92. The van der Waals surface area contributed by atoms with E-state index in [0.717, 1.165) is 0 Å². The van der Waals surface area contributed by atoms with Crippen LogP contribution in [0.1, 0.15) is 26.7 Å². The van der Waals surface area contributed by atoms with E-state index in [9.17, 15) is 8.42 Å². The van der Waals surface area contributed by atoms with Crippen LogP contribution in [0.3, 0.4) is 0 Å². The van der Waals surface area contributed by atoms with Crippen LogP contribution in [-0.4, -0.2) is 38.2 Å². The highest BCUT2D eigenvalue weighted by molar-refractivity contribution is 7.92. The highest BCUT2D eigenvalue weighted by Gasteiger charge is 2.35. The van der Waals surface area contributed by atoms with Crippen LogP contribution in [0.5, 0.6) is 0 Å². The van der Waals surface area contributed by atoms with E-state index >= 15 is 0 Å². The fourth-order valence-corrected chi connectivity index (χ4v) is 3.81. The average molecular weight is 221 g/mol. The van der Waals surface area contributed by atoms with Gasteiger partial charge in [-0.25, -0.2) is 8.42 Å². The molecule has 1 fully saturated rings. The number of nitrogens with two attached hydrogens (primary N) is 1. The van der Waals surface area contributed by atoms with Crippen molar-refractivity contribution in [3.8, 4) is 0 Å². The third-order valence-electron chi connectivity index (χ3n) is 2.63. The minimum Gasteiger partial charge on any atom is -0.377 e. The molecule has 0 bridgehead atoms. The predicted octanol–water partition coefficient (Wildman–Crippen LogP) is 0.316. The lowest BCUT2D eigenvalue weighted by Gasteiger charge is -2.15. The molecule has 0 radical (unpaired) electrons. The van der Waals surface area contributed by atoms with Crippen LogP contribution in [0.15, 0.2) is 0 Å². The van der Waals surface area contributed by atoms with Crippen molar-refractivity contribution in [2.45, 2.75) is 44.1 Å². The van der Waals surface area contributed by atoms with Gasteiger partial charge in [-0.3, -0.25) is 0 Å². The summed E-state index contributed by atoms with van der Waals surface area (Å²) in [6, 6.07) is -0.0533.